The van der Waals surface area contributed by atoms with Gasteiger partial charge in [-0.3, -0.25) is 14.1 Å². The summed E-state index contributed by atoms with van der Waals surface area (Å²) in [4.78, 5) is 25.9. The summed E-state index contributed by atoms with van der Waals surface area (Å²) in [6.45, 7) is -0.203. The van der Waals surface area contributed by atoms with Crippen molar-refractivity contribution in [2.45, 2.75) is 19.3 Å². The van der Waals surface area contributed by atoms with Crippen molar-refractivity contribution in [2.75, 3.05) is 17.6 Å². The van der Waals surface area contributed by atoms with Gasteiger partial charge in [0.05, 0.1) is 5.75 Å². The average molecular weight is 621 g/mol. The van der Waals surface area contributed by atoms with Gasteiger partial charge in [-0.05, 0) is 79.1 Å². The molecule has 1 unspecified atom stereocenters. The molecule has 4 aromatic carbocycles. The molecule has 1 heterocycles. The van der Waals surface area contributed by atoms with E-state index < -0.39 is 21.8 Å². The molecule has 5 rings (SSSR count). The Morgan fingerprint density at radius 2 is 1.58 bits per heavy atom. The van der Waals surface area contributed by atoms with E-state index in [9.17, 15) is 18.0 Å². The molecule has 0 fully saturated rings. The fourth-order valence-electron chi connectivity index (χ4n) is 4.82. The van der Waals surface area contributed by atoms with Crippen molar-refractivity contribution in [3.63, 3.8) is 0 Å². The number of rotatable bonds is 11. The van der Waals surface area contributed by atoms with Crippen LogP contribution in [-0.2, 0) is 21.3 Å². The summed E-state index contributed by atoms with van der Waals surface area (Å²) in [5, 5.41) is 6.53. The summed E-state index contributed by atoms with van der Waals surface area (Å²) in [7, 11) is -4.17. The van der Waals surface area contributed by atoms with Crippen LogP contribution in [0.2, 0.25) is 0 Å². The Kier molecular flexibility index (Phi) is 10.1. The summed E-state index contributed by atoms with van der Waals surface area (Å²) < 4.78 is 36.6. The van der Waals surface area contributed by atoms with Crippen molar-refractivity contribution in [1.29, 1.82) is 0 Å². The van der Waals surface area contributed by atoms with Crippen LogP contribution in [0.1, 0.15) is 34.3 Å². The van der Waals surface area contributed by atoms with Crippen LogP contribution >= 0.6 is 0 Å². The van der Waals surface area contributed by atoms with Crippen molar-refractivity contribution >= 4 is 38.6 Å². The van der Waals surface area contributed by atoms with Gasteiger partial charge in [-0.25, -0.2) is 0 Å². The Bertz CT molecular complexity index is 1910. The van der Waals surface area contributed by atoms with E-state index in [1.54, 1.807) is 24.3 Å². The lowest BCUT2D eigenvalue weighted by Gasteiger charge is -2.16. The lowest BCUT2D eigenvalue weighted by molar-refractivity contribution is -0.120. The van der Waals surface area contributed by atoms with Gasteiger partial charge in [0.2, 0.25) is 5.91 Å². The van der Waals surface area contributed by atoms with Gasteiger partial charge in [0, 0.05) is 46.6 Å². The number of benzene rings is 4. The number of furan rings is 1. The highest BCUT2D eigenvalue weighted by molar-refractivity contribution is 7.85. The lowest BCUT2D eigenvalue weighted by atomic mass is 9.93. The third-order valence-electron chi connectivity index (χ3n) is 7.20. The molecular weight excluding hydrogens is 588 g/mol. The first-order valence-electron chi connectivity index (χ1n) is 14.5. The largest absolute Gasteiger partial charge is 0.456 e. The summed E-state index contributed by atoms with van der Waals surface area (Å²) in [6, 6.07) is 33.8. The van der Waals surface area contributed by atoms with Crippen LogP contribution < -0.4 is 10.6 Å². The predicted molar refractivity (Wildman–Crippen MR) is 175 cm³/mol. The Morgan fingerprint density at radius 1 is 0.867 bits per heavy atom. The summed E-state index contributed by atoms with van der Waals surface area (Å²) in [6.07, 6.45) is 1.48. The minimum Gasteiger partial charge on any atom is -0.456 e. The molecule has 0 aliphatic carbocycles. The van der Waals surface area contributed by atoms with Crippen LogP contribution in [-0.4, -0.2) is 37.1 Å². The molecule has 0 aliphatic rings. The number of nitrogens with one attached hydrogen (secondary N) is 2. The first-order valence-corrected chi connectivity index (χ1v) is 16.1. The Morgan fingerprint density at radius 3 is 2.29 bits per heavy atom. The maximum absolute atomic E-state index is 13.5. The average Bonchev–Trinajstić information content (AvgIpc) is 3.47. The number of amides is 2. The first kappa shape index (κ1) is 31.3. The predicted octanol–water partition coefficient (Wildman–Crippen LogP) is 6.35. The molecule has 9 heteroatoms. The Balaban J connectivity index is 1.25. The van der Waals surface area contributed by atoms with Crippen LogP contribution in [0.3, 0.4) is 0 Å². The number of fused-ring (bicyclic) bond motifs is 1. The zero-order valence-corrected chi connectivity index (χ0v) is 25.2. The second kappa shape index (κ2) is 14.5. The minimum absolute atomic E-state index is 0.139. The lowest BCUT2D eigenvalue weighted by Crippen LogP contribution is -2.29. The Hall–Kier alpha value is -5.17. The number of hydrogen-bond acceptors (Lipinski definition) is 5. The van der Waals surface area contributed by atoms with Crippen LogP contribution in [0.25, 0.3) is 22.3 Å². The monoisotopic (exact) mass is 620 g/mol. The molecule has 0 radical (unpaired) electrons. The number of carbonyl (C=O) groups is 2. The van der Waals surface area contributed by atoms with E-state index in [1.165, 1.54) is 0 Å². The standard InChI is InChI=1S/C36H32N2O6S/c39-35(37-22-23-45(41,42)43)29-16-14-27(15-17-29)24-31(12-5-4-10-26-8-2-1-3-9-26)36(40)38-32-20-18-28(19-21-32)34-25-30-11-6-7-13-33(30)44-34/h1-3,6-9,11,13-21,25,31H,5,12,22-24H2,(H,37,39)(H,38,40)(H,41,42,43). The third kappa shape index (κ3) is 9.16. The number of anilines is 1. The fraction of sp³-hybridized carbons (Fsp3) is 0.167. The van der Waals surface area contributed by atoms with Crippen LogP contribution in [0.5, 0.6) is 0 Å². The van der Waals surface area contributed by atoms with Crippen molar-refractivity contribution in [3.8, 4) is 23.2 Å². The van der Waals surface area contributed by atoms with Crippen LogP contribution in [0, 0.1) is 17.8 Å². The zero-order valence-electron chi connectivity index (χ0n) is 24.4. The minimum atomic E-state index is -4.17. The van der Waals surface area contributed by atoms with E-state index in [0.29, 0.717) is 30.5 Å². The molecule has 0 spiro atoms. The van der Waals surface area contributed by atoms with Gasteiger partial charge in [0.15, 0.2) is 0 Å². The smallest absolute Gasteiger partial charge is 0.266 e. The summed E-state index contributed by atoms with van der Waals surface area (Å²) in [5.41, 5.74) is 4.49. The first-order chi connectivity index (χ1) is 21.7. The van der Waals surface area contributed by atoms with E-state index >= 15 is 0 Å². The normalized spacial score (nSPS) is 11.8. The maximum Gasteiger partial charge on any atom is 0.266 e. The van der Waals surface area contributed by atoms with Gasteiger partial charge in [0.1, 0.15) is 11.3 Å². The number of hydrogen-bond donors (Lipinski definition) is 3. The summed E-state index contributed by atoms with van der Waals surface area (Å²) in [5.74, 6) is 5.51. The second-order valence-electron chi connectivity index (χ2n) is 10.6. The topological polar surface area (TPSA) is 126 Å². The molecule has 3 N–H and O–H groups in total. The molecular formula is C36H32N2O6S. The molecule has 8 nitrogen and oxygen atoms in total. The van der Waals surface area contributed by atoms with Crippen molar-refractivity contribution in [3.05, 3.63) is 126 Å². The molecule has 228 valence electrons. The quantitative estimate of drug-likeness (QED) is 0.117. The molecule has 0 saturated carbocycles. The highest BCUT2D eigenvalue weighted by Gasteiger charge is 2.20. The molecule has 0 bridgehead atoms. The Labute approximate surface area is 262 Å². The van der Waals surface area contributed by atoms with Crippen molar-refractivity contribution in [2.24, 2.45) is 5.92 Å². The molecule has 0 aliphatic heterocycles. The molecule has 1 aromatic heterocycles. The van der Waals surface area contributed by atoms with Gasteiger partial charge in [-0.2, -0.15) is 8.42 Å². The van der Waals surface area contributed by atoms with Crippen LogP contribution in [0.4, 0.5) is 5.69 Å². The molecule has 2 amide bonds. The van der Waals surface area contributed by atoms with Gasteiger partial charge < -0.3 is 15.1 Å². The summed E-state index contributed by atoms with van der Waals surface area (Å²) >= 11 is 0. The third-order valence-corrected chi connectivity index (χ3v) is 7.92. The highest BCUT2D eigenvalue weighted by Crippen LogP contribution is 2.29. The number of para-hydroxylation sites is 1. The molecule has 45 heavy (non-hydrogen) atoms. The van der Waals surface area contributed by atoms with E-state index in [4.69, 9.17) is 8.97 Å². The van der Waals surface area contributed by atoms with E-state index in [-0.39, 0.29) is 18.4 Å². The van der Waals surface area contributed by atoms with Gasteiger partial charge in [0.25, 0.3) is 16.0 Å². The van der Waals surface area contributed by atoms with E-state index in [0.717, 1.165) is 33.4 Å². The van der Waals surface area contributed by atoms with Gasteiger partial charge in [-0.1, -0.05) is 60.4 Å². The molecule has 1 atom stereocenters. The van der Waals surface area contributed by atoms with Crippen molar-refractivity contribution in [1.82, 2.24) is 5.32 Å². The number of carbonyl (C=O) groups excluding carboxylic acids is 2. The van der Waals surface area contributed by atoms with Gasteiger partial charge >= 0.3 is 0 Å². The molecule has 0 saturated heterocycles. The maximum atomic E-state index is 13.5. The van der Waals surface area contributed by atoms with E-state index in [2.05, 4.69) is 22.5 Å². The highest BCUT2D eigenvalue weighted by atomic mass is 32.2. The fourth-order valence-corrected chi connectivity index (χ4v) is 5.18. The SMILES string of the molecule is O=C(NCCS(=O)(=O)O)c1ccc(CC(CCC#Cc2ccccc2)C(=O)Nc2ccc(-c3cc4ccccc4o3)cc2)cc1. The van der Waals surface area contributed by atoms with E-state index in [1.807, 2.05) is 84.9 Å². The van der Waals surface area contributed by atoms with Crippen LogP contribution in [0.15, 0.2) is 114 Å². The second-order valence-corrected chi connectivity index (χ2v) is 12.1. The zero-order chi connectivity index (χ0) is 31.6. The van der Waals surface area contributed by atoms with Gasteiger partial charge in [-0.15, -0.1) is 0 Å². The van der Waals surface area contributed by atoms with Crippen molar-refractivity contribution < 1.29 is 27.0 Å². The molecule has 5 aromatic rings.